The van der Waals surface area contributed by atoms with Gasteiger partial charge in [-0.2, -0.15) is 0 Å². The predicted molar refractivity (Wildman–Crippen MR) is 113 cm³/mol. The summed E-state index contributed by atoms with van der Waals surface area (Å²) in [7, 11) is 1.68. The first kappa shape index (κ1) is 19.0. The number of para-hydroxylation sites is 1. The predicted octanol–water partition coefficient (Wildman–Crippen LogP) is 5.44. The average molecular weight is 390 g/mol. The van der Waals surface area contributed by atoms with Gasteiger partial charge in [-0.3, -0.25) is 0 Å². The first-order valence-corrected chi connectivity index (χ1v) is 9.59. The van der Waals surface area contributed by atoms with Crippen LogP contribution in [0.25, 0.3) is 10.9 Å². The number of halogens is 1. The number of ether oxygens (including phenoxy) is 2. The summed E-state index contributed by atoms with van der Waals surface area (Å²) < 4.78 is 24.8. The molecule has 0 atom stereocenters. The first-order valence-electron chi connectivity index (χ1n) is 9.59. The normalized spacial score (nSPS) is 11.0. The summed E-state index contributed by atoms with van der Waals surface area (Å²) in [5.74, 6) is 1.34. The van der Waals surface area contributed by atoms with E-state index in [1.54, 1.807) is 25.3 Å². The van der Waals surface area contributed by atoms with Crippen LogP contribution >= 0.6 is 0 Å². The molecule has 3 aromatic carbocycles. The van der Waals surface area contributed by atoms with Crippen molar-refractivity contribution in [3.8, 4) is 17.2 Å². The topological polar surface area (TPSA) is 46.3 Å². The number of H-pyrrole nitrogens is 1. The molecule has 148 valence electrons. The van der Waals surface area contributed by atoms with Gasteiger partial charge in [-0.1, -0.05) is 24.3 Å². The molecule has 0 saturated heterocycles. The SMILES string of the molecule is COc1ccc2[nH]cc(CCNCc3cccc(Oc4ccccc4F)c3)c2c1. The van der Waals surface area contributed by atoms with Gasteiger partial charge in [0.05, 0.1) is 7.11 Å². The minimum absolute atomic E-state index is 0.229. The molecular weight excluding hydrogens is 367 g/mol. The molecule has 0 aliphatic rings. The van der Waals surface area contributed by atoms with Crippen LogP contribution in [0.5, 0.6) is 17.2 Å². The summed E-state index contributed by atoms with van der Waals surface area (Å²) in [6.07, 6.45) is 2.95. The molecule has 4 nitrogen and oxygen atoms in total. The van der Waals surface area contributed by atoms with Crippen LogP contribution in [0.4, 0.5) is 4.39 Å². The number of nitrogens with one attached hydrogen (secondary N) is 2. The second kappa shape index (κ2) is 8.80. The highest BCUT2D eigenvalue weighted by Crippen LogP contribution is 2.25. The molecule has 0 radical (unpaired) electrons. The fraction of sp³-hybridized carbons (Fsp3) is 0.167. The summed E-state index contributed by atoms with van der Waals surface area (Å²) in [5.41, 5.74) is 3.45. The van der Waals surface area contributed by atoms with E-state index in [1.807, 2.05) is 36.4 Å². The summed E-state index contributed by atoms with van der Waals surface area (Å²) in [6, 6.07) is 20.2. The molecule has 0 bridgehead atoms. The van der Waals surface area contributed by atoms with Crippen LogP contribution in [0.3, 0.4) is 0 Å². The van der Waals surface area contributed by atoms with Crippen molar-refractivity contribution in [1.29, 1.82) is 0 Å². The highest BCUT2D eigenvalue weighted by molar-refractivity contribution is 5.84. The number of hydrogen-bond donors (Lipinski definition) is 2. The number of aromatic nitrogens is 1. The Morgan fingerprint density at radius 3 is 2.72 bits per heavy atom. The lowest BCUT2D eigenvalue weighted by Crippen LogP contribution is -2.16. The van der Waals surface area contributed by atoms with Gasteiger partial charge < -0.3 is 19.8 Å². The zero-order chi connectivity index (χ0) is 20.1. The van der Waals surface area contributed by atoms with Crippen LogP contribution in [0, 0.1) is 5.82 Å². The van der Waals surface area contributed by atoms with E-state index in [0.717, 1.165) is 29.8 Å². The van der Waals surface area contributed by atoms with E-state index < -0.39 is 0 Å². The number of fused-ring (bicyclic) bond motifs is 1. The second-order valence-corrected chi connectivity index (χ2v) is 6.83. The Morgan fingerprint density at radius 1 is 0.966 bits per heavy atom. The number of methoxy groups -OCH3 is 1. The van der Waals surface area contributed by atoms with Gasteiger partial charge in [-0.05, 0) is 66.6 Å². The molecule has 1 heterocycles. The lowest BCUT2D eigenvalue weighted by Gasteiger charge is -2.09. The molecule has 0 spiro atoms. The summed E-state index contributed by atoms with van der Waals surface area (Å²) in [6.45, 7) is 1.54. The third-order valence-electron chi connectivity index (χ3n) is 4.84. The number of aromatic amines is 1. The molecular formula is C24H23FN2O2. The highest BCUT2D eigenvalue weighted by atomic mass is 19.1. The maximum Gasteiger partial charge on any atom is 0.165 e. The largest absolute Gasteiger partial charge is 0.497 e. The van der Waals surface area contributed by atoms with Gasteiger partial charge in [0.1, 0.15) is 11.5 Å². The molecule has 0 saturated carbocycles. The van der Waals surface area contributed by atoms with Gasteiger partial charge in [0.15, 0.2) is 11.6 Å². The van der Waals surface area contributed by atoms with E-state index in [1.165, 1.54) is 17.0 Å². The van der Waals surface area contributed by atoms with Crippen molar-refractivity contribution >= 4 is 10.9 Å². The van der Waals surface area contributed by atoms with E-state index in [0.29, 0.717) is 12.3 Å². The van der Waals surface area contributed by atoms with Crippen molar-refractivity contribution in [2.24, 2.45) is 0 Å². The van der Waals surface area contributed by atoms with Gasteiger partial charge in [0.25, 0.3) is 0 Å². The van der Waals surface area contributed by atoms with Crippen molar-refractivity contribution in [2.75, 3.05) is 13.7 Å². The first-order chi connectivity index (χ1) is 14.2. The third kappa shape index (κ3) is 4.58. The smallest absolute Gasteiger partial charge is 0.165 e. The summed E-state index contributed by atoms with van der Waals surface area (Å²) in [5, 5.41) is 4.65. The molecule has 2 N–H and O–H groups in total. The van der Waals surface area contributed by atoms with Crippen molar-refractivity contribution < 1.29 is 13.9 Å². The van der Waals surface area contributed by atoms with E-state index in [4.69, 9.17) is 9.47 Å². The van der Waals surface area contributed by atoms with Crippen molar-refractivity contribution in [3.05, 3.63) is 89.9 Å². The Balaban J connectivity index is 1.34. The molecule has 0 amide bonds. The van der Waals surface area contributed by atoms with Gasteiger partial charge in [0, 0.05) is 23.6 Å². The molecule has 0 fully saturated rings. The zero-order valence-electron chi connectivity index (χ0n) is 16.2. The van der Waals surface area contributed by atoms with Crippen molar-refractivity contribution in [1.82, 2.24) is 10.3 Å². The second-order valence-electron chi connectivity index (χ2n) is 6.83. The molecule has 1 aromatic heterocycles. The number of hydrogen-bond acceptors (Lipinski definition) is 3. The molecule has 0 aliphatic carbocycles. The molecule has 0 unspecified atom stereocenters. The fourth-order valence-corrected chi connectivity index (χ4v) is 3.32. The monoisotopic (exact) mass is 390 g/mol. The molecule has 4 rings (SSSR count). The quantitative estimate of drug-likeness (QED) is 0.394. The molecule has 5 heteroatoms. The lowest BCUT2D eigenvalue weighted by atomic mass is 10.1. The van der Waals surface area contributed by atoms with E-state index in [9.17, 15) is 4.39 Å². The summed E-state index contributed by atoms with van der Waals surface area (Å²) >= 11 is 0. The van der Waals surface area contributed by atoms with E-state index >= 15 is 0 Å². The van der Waals surface area contributed by atoms with Gasteiger partial charge in [-0.15, -0.1) is 0 Å². The number of rotatable bonds is 8. The van der Waals surface area contributed by atoms with Gasteiger partial charge in [-0.25, -0.2) is 4.39 Å². The van der Waals surface area contributed by atoms with Gasteiger partial charge in [0.2, 0.25) is 0 Å². The Morgan fingerprint density at radius 2 is 1.86 bits per heavy atom. The minimum Gasteiger partial charge on any atom is -0.497 e. The standard InChI is InChI=1S/C24H23FN2O2/c1-28-19-9-10-23-21(14-19)18(16-27-23)11-12-26-15-17-5-4-6-20(13-17)29-24-8-3-2-7-22(24)25/h2-10,13-14,16,26-27H,11-12,15H2,1H3. The zero-order valence-corrected chi connectivity index (χ0v) is 16.2. The van der Waals surface area contributed by atoms with Crippen LogP contribution < -0.4 is 14.8 Å². The Bertz CT molecular complexity index is 1110. The van der Waals surface area contributed by atoms with Crippen LogP contribution in [-0.2, 0) is 13.0 Å². The third-order valence-corrected chi connectivity index (χ3v) is 4.84. The molecule has 4 aromatic rings. The van der Waals surface area contributed by atoms with Crippen LogP contribution in [0.2, 0.25) is 0 Å². The highest BCUT2D eigenvalue weighted by Gasteiger charge is 2.06. The maximum atomic E-state index is 13.8. The van der Waals surface area contributed by atoms with Crippen LogP contribution in [0.15, 0.2) is 72.9 Å². The van der Waals surface area contributed by atoms with Gasteiger partial charge >= 0.3 is 0 Å². The van der Waals surface area contributed by atoms with Crippen LogP contribution in [0.1, 0.15) is 11.1 Å². The number of benzene rings is 3. The Kier molecular flexibility index (Phi) is 5.77. The Hall–Kier alpha value is -3.31. The van der Waals surface area contributed by atoms with Crippen molar-refractivity contribution in [2.45, 2.75) is 13.0 Å². The fourth-order valence-electron chi connectivity index (χ4n) is 3.32. The minimum atomic E-state index is -0.369. The molecule has 0 aliphatic heterocycles. The van der Waals surface area contributed by atoms with E-state index in [2.05, 4.69) is 22.6 Å². The Labute approximate surface area is 169 Å². The summed E-state index contributed by atoms with van der Waals surface area (Å²) in [4.78, 5) is 3.30. The lowest BCUT2D eigenvalue weighted by molar-refractivity contribution is 0.415. The maximum absolute atomic E-state index is 13.8. The molecule has 29 heavy (non-hydrogen) atoms. The van der Waals surface area contributed by atoms with Crippen molar-refractivity contribution in [3.63, 3.8) is 0 Å². The average Bonchev–Trinajstić information content (AvgIpc) is 3.15. The van der Waals surface area contributed by atoms with E-state index in [-0.39, 0.29) is 11.6 Å². The van der Waals surface area contributed by atoms with Crippen LogP contribution in [-0.4, -0.2) is 18.6 Å².